The van der Waals surface area contributed by atoms with Crippen LogP contribution in [0.25, 0.3) is 4.85 Å². The van der Waals surface area contributed by atoms with E-state index in [1.807, 2.05) is 0 Å². The van der Waals surface area contributed by atoms with Gasteiger partial charge in [0.1, 0.15) is 0 Å². The number of nitriles is 1. The lowest BCUT2D eigenvalue weighted by Crippen LogP contribution is -2.09. The molecule has 0 aliphatic carbocycles. The molecular formula is C10H5F3N2. The molecule has 2 nitrogen and oxygen atoms in total. The molecule has 0 atom stereocenters. The first-order valence-corrected chi connectivity index (χ1v) is 3.92. The van der Waals surface area contributed by atoms with E-state index in [1.54, 1.807) is 6.07 Å². The van der Waals surface area contributed by atoms with Gasteiger partial charge in [-0.25, -0.2) is 6.57 Å². The van der Waals surface area contributed by atoms with Gasteiger partial charge >= 0.3 is 6.18 Å². The van der Waals surface area contributed by atoms with Gasteiger partial charge in [-0.15, -0.1) is 0 Å². The third-order valence-corrected chi connectivity index (χ3v) is 1.79. The summed E-state index contributed by atoms with van der Waals surface area (Å²) >= 11 is 0. The Morgan fingerprint density at radius 3 is 2.53 bits per heavy atom. The molecular weight excluding hydrogens is 205 g/mol. The fourth-order valence-electron chi connectivity index (χ4n) is 1.13. The van der Waals surface area contributed by atoms with E-state index in [4.69, 9.17) is 11.8 Å². The summed E-state index contributed by atoms with van der Waals surface area (Å²) in [7, 11) is 0. The van der Waals surface area contributed by atoms with Crippen LogP contribution in [0.5, 0.6) is 0 Å². The molecule has 76 valence electrons. The third kappa shape index (κ3) is 2.47. The molecule has 1 rings (SSSR count). The number of benzene rings is 1. The van der Waals surface area contributed by atoms with Crippen molar-refractivity contribution < 1.29 is 13.2 Å². The molecule has 0 spiro atoms. The third-order valence-electron chi connectivity index (χ3n) is 1.79. The number of hydrogen-bond donors (Lipinski definition) is 0. The van der Waals surface area contributed by atoms with Crippen molar-refractivity contribution >= 4 is 0 Å². The van der Waals surface area contributed by atoms with Crippen molar-refractivity contribution in [1.29, 1.82) is 5.26 Å². The zero-order valence-corrected chi connectivity index (χ0v) is 7.47. The molecule has 0 fully saturated rings. The van der Waals surface area contributed by atoms with Gasteiger partial charge in [-0.2, -0.15) is 18.4 Å². The van der Waals surface area contributed by atoms with Crippen LogP contribution in [0.3, 0.4) is 0 Å². The quantitative estimate of drug-likeness (QED) is 0.655. The maximum absolute atomic E-state index is 12.5. The van der Waals surface area contributed by atoms with E-state index < -0.39 is 11.7 Å². The minimum atomic E-state index is -4.52. The Labute approximate surface area is 84.4 Å². The van der Waals surface area contributed by atoms with Crippen molar-refractivity contribution in [3.05, 3.63) is 46.3 Å². The number of halogens is 3. The van der Waals surface area contributed by atoms with Gasteiger partial charge in [0.25, 0.3) is 0 Å². The Balaban J connectivity index is 3.32. The molecule has 15 heavy (non-hydrogen) atoms. The fourth-order valence-corrected chi connectivity index (χ4v) is 1.13. The Hall–Kier alpha value is -2.01. The summed E-state index contributed by atoms with van der Waals surface area (Å²) in [5, 5.41) is 8.47. The zero-order valence-electron chi connectivity index (χ0n) is 7.47. The van der Waals surface area contributed by atoms with Crippen LogP contribution in [0.15, 0.2) is 18.2 Å². The van der Waals surface area contributed by atoms with Crippen LogP contribution in [-0.2, 0) is 12.7 Å². The molecule has 0 aliphatic rings. The highest BCUT2D eigenvalue weighted by molar-refractivity contribution is 5.40. The first kappa shape index (κ1) is 11.1. The van der Waals surface area contributed by atoms with E-state index in [0.29, 0.717) is 0 Å². The van der Waals surface area contributed by atoms with Gasteiger partial charge in [0.2, 0.25) is 6.54 Å². The summed E-state index contributed by atoms with van der Waals surface area (Å²) in [6.07, 6.45) is -4.52. The van der Waals surface area contributed by atoms with Crippen molar-refractivity contribution in [1.82, 2.24) is 0 Å². The van der Waals surface area contributed by atoms with Gasteiger partial charge in [-0.05, 0) is 18.2 Å². The normalized spacial score (nSPS) is 10.5. The van der Waals surface area contributed by atoms with E-state index in [-0.39, 0.29) is 17.7 Å². The molecule has 0 N–H and O–H groups in total. The molecule has 0 radical (unpaired) electrons. The summed E-state index contributed by atoms with van der Waals surface area (Å²) < 4.78 is 37.4. The number of nitrogens with zero attached hydrogens (tertiary/aromatic N) is 2. The van der Waals surface area contributed by atoms with Crippen molar-refractivity contribution in [2.45, 2.75) is 12.7 Å². The van der Waals surface area contributed by atoms with Gasteiger partial charge in [0, 0.05) is 5.56 Å². The van der Waals surface area contributed by atoms with Crippen LogP contribution in [0.1, 0.15) is 16.7 Å². The first-order chi connectivity index (χ1) is 6.99. The Bertz CT molecular complexity index is 449. The van der Waals surface area contributed by atoms with Crippen LogP contribution >= 0.6 is 0 Å². The van der Waals surface area contributed by atoms with Gasteiger partial charge in [-0.3, -0.25) is 0 Å². The number of rotatable bonds is 1. The molecule has 0 aromatic heterocycles. The average molecular weight is 210 g/mol. The smallest absolute Gasteiger partial charge is 0.312 e. The van der Waals surface area contributed by atoms with Gasteiger partial charge in [0.05, 0.1) is 17.2 Å². The van der Waals surface area contributed by atoms with E-state index in [9.17, 15) is 13.2 Å². The molecule has 0 heterocycles. The lowest BCUT2D eigenvalue weighted by Gasteiger charge is -2.09. The average Bonchev–Trinajstić information content (AvgIpc) is 2.17. The monoisotopic (exact) mass is 210 g/mol. The van der Waals surface area contributed by atoms with Crippen LogP contribution in [-0.4, -0.2) is 0 Å². The summed E-state index contributed by atoms with van der Waals surface area (Å²) in [5.74, 6) is 0. The minimum absolute atomic E-state index is 0.0592. The molecule has 0 bridgehead atoms. The fraction of sp³-hybridized carbons (Fsp3) is 0.200. The highest BCUT2D eigenvalue weighted by Crippen LogP contribution is 2.32. The molecule has 0 amide bonds. The molecule has 1 aromatic carbocycles. The second kappa shape index (κ2) is 4.02. The van der Waals surface area contributed by atoms with Crippen LogP contribution in [0.2, 0.25) is 0 Å². The molecule has 0 aliphatic heterocycles. The van der Waals surface area contributed by atoms with Crippen molar-refractivity contribution in [3.63, 3.8) is 0 Å². The summed E-state index contributed by atoms with van der Waals surface area (Å²) in [5.41, 5.74) is -1.06. The topological polar surface area (TPSA) is 28.1 Å². The SMILES string of the molecule is [C-]#[N+]Cc1ccc(C#N)cc1C(F)(F)F. The van der Waals surface area contributed by atoms with Gasteiger partial charge in [0.15, 0.2) is 0 Å². The number of hydrogen-bond acceptors (Lipinski definition) is 1. The maximum atomic E-state index is 12.5. The van der Waals surface area contributed by atoms with Crippen molar-refractivity contribution in [3.8, 4) is 6.07 Å². The first-order valence-electron chi connectivity index (χ1n) is 3.92. The Kier molecular flexibility index (Phi) is 2.96. The molecule has 0 saturated carbocycles. The lowest BCUT2D eigenvalue weighted by molar-refractivity contribution is -0.138. The number of alkyl halides is 3. The highest BCUT2D eigenvalue weighted by Gasteiger charge is 2.34. The second-order valence-electron chi connectivity index (χ2n) is 2.80. The van der Waals surface area contributed by atoms with Crippen molar-refractivity contribution in [2.75, 3.05) is 0 Å². The highest BCUT2D eigenvalue weighted by atomic mass is 19.4. The largest absolute Gasteiger partial charge is 0.417 e. The predicted octanol–water partition coefficient (Wildman–Crippen LogP) is 3.00. The zero-order chi connectivity index (χ0) is 11.5. The maximum Gasteiger partial charge on any atom is 0.417 e. The van der Waals surface area contributed by atoms with Crippen LogP contribution < -0.4 is 0 Å². The molecule has 0 saturated heterocycles. The molecule has 0 unspecified atom stereocenters. The molecule has 1 aromatic rings. The van der Waals surface area contributed by atoms with E-state index >= 15 is 0 Å². The van der Waals surface area contributed by atoms with Crippen LogP contribution in [0, 0.1) is 17.9 Å². The molecule has 5 heteroatoms. The Morgan fingerprint density at radius 2 is 2.07 bits per heavy atom. The standard InChI is InChI=1S/C10H5F3N2/c1-15-6-8-3-2-7(5-14)4-9(8)10(11,12)13/h2-4H,6H2. The van der Waals surface area contributed by atoms with E-state index in [1.165, 1.54) is 12.1 Å². The second-order valence-corrected chi connectivity index (χ2v) is 2.80. The Morgan fingerprint density at radius 1 is 1.40 bits per heavy atom. The van der Waals surface area contributed by atoms with E-state index in [0.717, 1.165) is 6.07 Å². The summed E-state index contributed by atoms with van der Waals surface area (Å²) in [6, 6.07) is 4.84. The van der Waals surface area contributed by atoms with Crippen molar-refractivity contribution in [2.24, 2.45) is 0 Å². The van der Waals surface area contributed by atoms with E-state index in [2.05, 4.69) is 4.85 Å². The summed E-state index contributed by atoms with van der Waals surface area (Å²) in [6.45, 7) is 6.20. The van der Waals surface area contributed by atoms with Gasteiger partial charge in [-0.1, -0.05) is 0 Å². The van der Waals surface area contributed by atoms with Gasteiger partial charge < -0.3 is 4.85 Å². The minimum Gasteiger partial charge on any atom is -0.312 e. The lowest BCUT2D eigenvalue weighted by atomic mass is 10.0. The van der Waals surface area contributed by atoms with Crippen LogP contribution in [0.4, 0.5) is 13.2 Å². The summed E-state index contributed by atoms with van der Waals surface area (Å²) in [4.78, 5) is 2.90. The predicted molar refractivity (Wildman–Crippen MR) is 46.5 cm³/mol.